The Morgan fingerprint density at radius 3 is 2.75 bits per heavy atom. The number of hydrogen-bond donors (Lipinski definition) is 2. The van der Waals surface area contributed by atoms with E-state index in [1.165, 1.54) is 11.5 Å². The molecule has 0 bridgehead atoms. The second kappa shape index (κ2) is 6.15. The van der Waals surface area contributed by atoms with Gasteiger partial charge in [-0.15, -0.1) is 0 Å². The molecule has 1 unspecified atom stereocenters. The average Bonchev–Trinajstić information content (AvgIpc) is 2.66. The molecule has 0 saturated carbocycles. The molecule has 16 heavy (non-hydrogen) atoms. The number of aliphatic hydroxyl groups is 1. The molecule has 5 heteroatoms. The standard InChI is InChI=1S/C11H21N3OS/c1-4-6-9-12-10(16-14-9)13-11(3,5-2)7-8-15/h15H,4-8H2,1-3H3,(H,12,13,14). The number of aromatic nitrogens is 2. The molecule has 1 aromatic rings. The van der Waals surface area contributed by atoms with Crippen LogP contribution in [0.5, 0.6) is 0 Å². The fourth-order valence-corrected chi connectivity index (χ4v) is 2.22. The van der Waals surface area contributed by atoms with Crippen LogP contribution in [0.25, 0.3) is 0 Å². The van der Waals surface area contributed by atoms with Crippen LogP contribution >= 0.6 is 11.5 Å². The van der Waals surface area contributed by atoms with E-state index in [2.05, 4.69) is 35.4 Å². The van der Waals surface area contributed by atoms with Gasteiger partial charge in [-0.1, -0.05) is 13.8 Å². The van der Waals surface area contributed by atoms with E-state index in [0.717, 1.165) is 36.6 Å². The summed E-state index contributed by atoms with van der Waals surface area (Å²) in [5.41, 5.74) is -0.0855. The Hall–Kier alpha value is -0.680. The molecule has 92 valence electrons. The highest BCUT2D eigenvalue weighted by Gasteiger charge is 2.22. The lowest BCUT2D eigenvalue weighted by Gasteiger charge is -2.28. The van der Waals surface area contributed by atoms with Crippen molar-refractivity contribution in [2.75, 3.05) is 11.9 Å². The van der Waals surface area contributed by atoms with Crippen molar-refractivity contribution in [3.8, 4) is 0 Å². The fourth-order valence-electron chi connectivity index (χ4n) is 1.46. The number of aryl methyl sites for hydroxylation is 1. The third-order valence-electron chi connectivity index (χ3n) is 2.79. The van der Waals surface area contributed by atoms with E-state index >= 15 is 0 Å². The first-order valence-corrected chi connectivity index (χ1v) is 6.62. The first-order valence-electron chi connectivity index (χ1n) is 5.85. The Bertz CT molecular complexity index is 316. The molecule has 0 aromatic carbocycles. The minimum Gasteiger partial charge on any atom is -0.396 e. The smallest absolute Gasteiger partial charge is 0.202 e. The lowest BCUT2D eigenvalue weighted by Crippen LogP contribution is -2.34. The molecule has 0 aliphatic heterocycles. The third kappa shape index (κ3) is 3.72. The van der Waals surface area contributed by atoms with Gasteiger partial charge in [-0.05, 0) is 26.2 Å². The van der Waals surface area contributed by atoms with E-state index in [9.17, 15) is 0 Å². The summed E-state index contributed by atoms with van der Waals surface area (Å²) < 4.78 is 4.29. The summed E-state index contributed by atoms with van der Waals surface area (Å²) in [7, 11) is 0. The highest BCUT2D eigenvalue weighted by Crippen LogP contribution is 2.23. The summed E-state index contributed by atoms with van der Waals surface area (Å²) in [6.07, 6.45) is 3.68. The zero-order valence-electron chi connectivity index (χ0n) is 10.3. The van der Waals surface area contributed by atoms with Crippen molar-refractivity contribution in [2.45, 2.75) is 52.0 Å². The molecular formula is C11H21N3OS. The minimum absolute atomic E-state index is 0.0855. The normalized spacial score (nSPS) is 14.8. The molecular weight excluding hydrogens is 222 g/mol. The van der Waals surface area contributed by atoms with E-state index in [1.54, 1.807) is 0 Å². The van der Waals surface area contributed by atoms with Crippen LogP contribution in [0.15, 0.2) is 0 Å². The van der Waals surface area contributed by atoms with Crippen molar-refractivity contribution in [1.82, 2.24) is 9.36 Å². The van der Waals surface area contributed by atoms with Gasteiger partial charge in [0.25, 0.3) is 0 Å². The van der Waals surface area contributed by atoms with Crippen LogP contribution < -0.4 is 5.32 Å². The van der Waals surface area contributed by atoms with Crippen molar-refractivity contribution >= 4 is 16.7 Å². The first-order chi connectivity index (χ1) is 7.63. The second-order valence-electron chi connectivity index (χ2n) is 4.28. The molecule has 2 N–H and O–H groups in total. The highest BCUT2D eigenvalue weighted by molar-refractivity contribution is 7.09. The van der Waals surface area contributed by atoms with Gasteiger partial charge in [0.05, 0.1) is 0 Å². The van der Waals surface area contributed by atoms with Crippen molar-refractivity contribution in [2.24, 2.45) is 0 Å². The molecule has 0 spiro atoms. The zero-order chi connectivity index (χ0) is 12.0. The van der Waals surface area contributed by atoms with Crippen LogP contribution in [-0.4, -0.2) is 26.6 Å². The summed E-state index contributed by atoms with van der Waals surface area (Å²) in [4.78, 5) is 4.43. The summed E-state index contributed by atoms with van der Waals surface area (Å²) in [6.45, 7) is 6.52. The monoisotopic (exact) mass is 243 g/mol. The highest BCUT2D eigenvalue weighted by atomic mass is 32.1. The Morgan fingerprint density at radius 2 is 2.19 bits per heavy atom. The maximum Gasteiger partial charge on any atom is 0.202 e. The molecule has 0 aliphatic carbocycles. The number of nitrogens with zero attached hydrogens (tertiary/aromatic N) is 2. The molecule has 0 aliphatic rings. The van der Waals surface area contributed by atoms with Gasteiger partial charge < -0.3 is 10.4 Å². The third-order valence-corrected chi connectivity index (χ3v) is 3.46. The SMILES string of the molecule is CCCc1nsc(NC(C)(CC)CCO)n1. The minimum atomic E-state index is -0.0855. The molecule has 1 aromatic heterocycles. The molecule has 0 saturated heterocycles. The van der Waals surface area contributed by atoms with Crippen LogP contribution in [0.4, 0.5) is 5.13 Å². The van der Waals surface area contributed by atoms with Gasteiger partial charge in [0.15, 0.2) is 0 Å². The van der Waals surface area contributed by atoms with E-state index in [4.69, 9.17) is 5.11 Å². The molecule has 4 nitrogen and oxygen atoms in total. The van der Waals surface area contributed by atoms with Crippen molar-refractivity contribution in [1.29, 1.82) is 0 Å². The van der Waals surface area contributed by atoms with E-state index < -0.39 is 0 Å². The van der Waals surface area contributed by atoms with Crippen LogP contribution in [0.1, 0.15) is 45.9 Å². The number of hydrogen-bond acceptors (Lipinski definition) is 5. The molecule has 0 amide bonds. The Labute approximate surface area is 101 Å². The molecule has 0 radical (unpaired) electrons. The summed E-state index contributed by atoms with van der Waals surface area (Å²) in [6, 6.07) is 0. The van der Waals surface area contributed by atoms with Gasteiger partial charge >= 0.3 is 0 Å². The number of rotatable bonds is 7. The summed E-state index contributed by atoms with van der Waals surface area (Å²) >= 11 is 1.40. The summed E-state index contributed by atoms with van der Waals surface area (Å²) in [5.74, 6) is 0.914. The van der Waals surface area contributed by atoms with Crippen LogP contribution in [-0.2, 0) is 6.42 Å². The molecule has 1 atom stereocenters. The van der Waals surface area contributed by atoms with Gasteiger partial charge in [0.2, 0.25) is 5.13 Å². The Morgan fingerprint density at radius 1 is 1.44 bits per heavy atom. The fraction of sp³-hybridized carbons (Fsp3) is 0.818. The van der Waals surface area contributed by atoms with Gasteiger partial charge in [-0.2, -0.15) is 4.37 Å². The Kier molecular flexibility index (Phi) is 5.15. The lowest BCUT2D eigenvalue weighted by molar-refractivity contribution is 0.252. The zero-order valence-corrected chi connectivity index (χ0v) is 11.1. The predicted octanol–water partition coefficient (Wildman–Crippen LogP) is 2.45. The average molecular weight is 243 g/mol. The van der Waals surface area contributed by atoms with Gasteiger partial charge in [-0.3, -0.25) is 0 Å². The van der Waals surface area contributed by atoms with E-state index in [-0.39, 0.29) is 12.1 Å². The quantitative estimate of drug-likeness (QED) is 0.772. The summed E-state index contributed by atoms with van der Waals surface area (Å²) in [5, 5.41) is 13.3. The van der Waals surface area contributed by atoms with Gasteiger partial charge in [-0.25, -0.2) is 4.98 Å². The largest absolute Gasteiger partial charge is 0.396 e. The van der Waals surface area contributed by atoms with Crippen molar-refractivity contribution in [3.63, 3.8) is 0 Å². The number of aliphatic hydroxyl groups excluding tert-OH is 1. The maximum atomic E-state index is 9.03. The number of anilines is 1. The van der Waals surface area contributed by atoms with E-state index in [1.807, 2.05) is 0 Å². The topological polar surface area (TPSA) is 58.0 Å². The first kappa shape index (κ1) is 13.4. The van der Waals surface area contributed by atoms with Gasteiger partial charge in [0, 0.05) is 30.1 Å². The predicted molar refractivity (Wildman–Crippen MR) is 67.9 cm³/mol. The van der Waals surface area contributed by atoms with Crippen LogP contribution in [0.2, 0.25) is 0 Å². The van der Waals surface area contributed by atoms with Crippen LogP contribution in [0.3, 0.4) is 0 Å². The van der Waals surface area contributed by atoms with Crippen molar-refractivity contribution in [3.05, 3.63) is 5.82 Å². The van der Waals surface area contributed by atoms with Crippen LogP contribution in [0, 0.1) is 0 Å². The second-order valence-corrected chi connectivity index (χ2v) is 5.03. The van der Waals surface area contributed by atoms with Gasteiger partial charge in [0.1, 0.15) is 5.82 Å². The Balaban J connectivity index is 2.62. The van der Waals surface area contributed by atoms with Crippen molar-refractivity contribution < 1.29 is 5.11 Å². The van der Waals surface area contributed by atoms with E-state index in [0.29, 0.717) is 0 Å². The molecule has 1 rings (SSSR count). The number of nitrogens with one attached hydrogen (secondary N) is 1. The lowest BCUT2D eigenvalue weighted by atomic mass is 9.95. The maximum absolute atomic E-state index is 9.03. The molecule has 1 heterocycles. The molecule has 0 fully saturated rings.